The molecule has 0 aliphatic carbocycles. The van der Waals surface area contributed by atoms with E-state index in [4.69, 9.17) is 0 Å². The molecule has 0 spiro atoms. The van der Waals surface area contributed by atoms with Crippen LogP contribution in [0.5, 0.6) is 0 Å². The molecule has 2 amide bonds. The van der Waals surface area contributed by atoms with Crippen LogP contribution in [-0.4, -0.2) is 43.8 Å². The predicted octanol–water partition coefficient (Wildman–Crippen LogP) is 5.61. The van der Waals surface area contributed by atoms with E-state index in [0.29, 0.717) is 15.9 Å². The molecule has 1 atom stereocenters. The number of rotatable bonds is 10. The maximum Gasteiger partial charge on any atom is 0.416 e. The first-order valence-corrected chi connectivity index (χ1v) is 14.5. The number of halogens is 4. The van der Waals surface area contributed by atoms with E-state index in [-0.39, 0.29) is 23.2 Å². The van der Waals surface area contributed by atoms with Gasteiger partial charge < -0.3 is 10.2 Å². The van der Waals surface area contributed by atoms with Crippen molar-refractivity contribution in [3.8, 4) is 0 Å². The first-order valence-electron chi connectivity index (χ1n) is 12.3. The number of anilines is 1. The largest absolute Gasteiger partial charge is 0.416 e. The molecule has 40 heavy (non-hydrogen) atoms. The smallest absolute Gasteiger partial charge is 0.352 e. The van der Waals surface area contributed by atoms with Crippen molar-refractivity contribution in [2.24, 2.45) is 0 Å². The first-order chi connectivity index (χ1) is 18.7. The summed E-state index contributed by atoms with van der Waals surface area (Å²) in [5.74, 6) is -1.24. The van der Waals surface area contributed by atoms with Gasteiger partial charge in [0.25, 0.3) is 10.0 Å². The highest BCUT2D eigenvalue weighted by atomic mass is 79.9. The summed E-state index contributed by atoms with van der Waals surface area (Å²) in [6, 6.07) is 16.7. The molecule has 3 aromatic carbocycles. The van der Waals surface area contributed by atoms with Gasteiger partial charge in [-0.25, -0.2) is 8.42 Å². The van der Waals surface area contributed by atoms with Crippen LogP contribution >= 0.6 is 15.9 Å². The molecule has 0 aromatic heterocycles. The molecule has 1 N–H and O–H groups in total. The minimum atomic E-state index is -4.74. The molecule has 214 valence electrons. The van der Waals surface area contributed by atoms with E-state index in [1.807, 2.05) is 0 Å². The normalized spacial score (nSPS) is 12.6. The molecular formula is C28H29BrF3N3O4S. The number of hydrogen-bond donors (Lipinski definition) is 1. The van der Waals surface area contributed by atoms with Crippen molar-refractivity contribution in [2.75, 3.05) is 10.8 Å². The second-order valence-corrected chi connectivity index (χ2v) is 12.1. The second-order valence-electron chi connectivity index (χ2n) is 9.36. The van der Waals surface area contributed by atoms with E-state index in [9.17, 15) is 31.2 Å². The van der Waals surface area contributed by atoms with E-state index in [1.54, 1.807) is 44.2 Å². The molecule has 7 nitrogen and oxygen atoms in total. The number of carbonyl (C=O) groups is 2. The van der Waals surface area contributed by atoms with Gasteiger partial charge in [0.15, 0.2) is 0 Å². The highest BCUT2D eigenvalue weighted by Gasteiger charge is 2.35. The fraction of sp³-hybridized carbons (Fsp3) is 0.286. The summed E-state index contributed by atoms with van der Waals surface area (Å²) in [7, 11) is -4.48. The molecule has 0 unspecified atom stereocenters. The van der Waals surface area contributed by atoms with E-state index in [1.165, 1.54) is 42.2 Å². The Labute approximate surface area is 240 Å². The average molecular weight is 641 g/mol. The third-order valence-corrected chi connectivity index (χ3v) is 8.19. The van der Waals surface area contributed by atoms with Crippen LogP contribution < -0.4 is 9.62 Å². The lowest BCUT2D eigenvalue weighted by molar-refractivity contribution is -0.139. The molecular weight excluding hydrogens is 611 g/mol. The number of nitrogens with one attached hydrogen (secondary N) is 1. The zero-order chi connectivity index (χ0) is 29.7. The molecule has 0 radical (unpaired) electrons. The lowest BCUT2D eigenvalue weighted by Gasteiger charge is -2.32. The Morgan fingerprint density at radius 3 is 2.17 bits per heavy atom. The van der Waals surface area contributed by atoms with Crippen molar-refractivity contribution in [3.05, 3.63) is 94.5 Å². The Balaban J connectivity index is 2.08. The van der Waals surface area contributed by atoms with Gasteiger partial charge in [-0.2, -0.15) is 13.2 Å². The van der Waals surface area contributed by atoms with E-state index in [2.05, 4.69) is 21.2 Å². The molecule has 0 bridgehead atoms. The van der Waals surface area contributed by atoms with Crippen LogP contribution in [0.15, 0.2) is 88.2 Å². The molecule has 12 heteroatoms. The minimum Gasteiger partial charge on any atom is -0.352 e. The number of nitrogens with zero attached hydrogens (tertiary/aromatic N) is 2. The summed E-state index contributed by atoms with van der Waals surface area (Å²) < 4.78 is 69.3. The summed E-state index contributed by atoms with van der Waals surface area (Å²) in [4.78, 5) is 27.7. The van der Waals surface area contributed by atoms with Crippen LogP contribution in [0.4, 0.5) is 18.9 Å². The Morgan fingerprint density at radius 1 is 0.925 bits per heavy atom. The van der Waals surface area contributed by atoms with Gasteiger partial charge in [0.05, 0.1) is 16.1 Å². The Hall–Kier alpha value is -3.38. The first kappa shape index (κ1) is 31.2. The summed E-state index contributed by atoms with van der Waals surface area (Å²) in [5.41, 5.74) is -0.751. The van der Waals surface area contributed by atoms with E-state index in [0.717, 1.165) is 16.6 Å². The lowest BCUT2D eigenvalue weighted by atomic mass is 10.1. The molecule has 0 aliphatic rings. The monoisotopic (exact) mass is 639 g/mol. The van der Waals surface area contributed by atoms with Crippen LogP contribution in [0.25, 0.3) is 0 Å². The molecule has 0 aliphatic heterocycles. The Bertz CT molecular complexity index is 1450. The fourth-order valence-corrected chi connectivity index (χ4v) is 5.78. The second kappa shape index (κ2) is 12.9. The van der Waals surface area contributed by atoms with Crippen molar-refractivity contribution in [3.63, 3.8) is 0 Å². The van der Waals surface area contributed by atoms with Crippen LogP contribution in [0.3, 0.4) is 0 Å². The van der Waals surface area contributed by atoms with Crippen molar-refractivity contribution < 1.29 is 31.2 Å². The summed E-state index contributed by atoms with van der Waals surface area (Å²) >= 11 is 3.37. The molecule has 0 fully saturated rings. The van der Waals surface area contributed by atoms with Gasteiger partial charge in [0, 0.05) is 17.1 Å². The molecule has 0 heterocycles. The van der Waals surface area contributed by atoms with Gasteiger partial charge in [0.2, 0.25) is 11.8 Å². The average Bonchev–Trinajstić information content (AvgIpc) is 2.89. The van der Waals surface area contributed by atoms with Gasteiger partial charge in [-0.1, -0.05) is 52.3 Å². The quantitative estimate of drug-likeness (QED) is 0.313. The third-order valence-electron chi connectivity index (χ3n) is 5.91. The lowest BCUT2D eigenvalue weighted by Crippen LogP contribution is -2.52. The van der Waals surface area contributed by atoms with Gasteiger partial charge in [-0.15, -0.1) is 0 Å². The third kappa shape index (κ3) is 7.85. The highest BCUT2D eigenvalue weighted by Crippen LogP contribution is 2.33. The number of benzene rings is 3. The van der Waals surface area contributed by atoms with Gasteiger partial charge in [-0.05, 0) is 68.8 Å². The zero-order valence-electron chi connectivity index (χ0n) is 22.0. The molecule has 3 aromatic rings. The maximum atomic E-state index is 13.8. The standard InChI is InChI=1S/C28H29BrF3N3O4S/c1-19(2)33-27(37)20(3)34(17-21-9-7-11-23(29)15-21)26(36)18-35(40(38,39)25-13-5-4-6-14-25)24-12-8-10-22(16-24)28(30,31)32/h4-16,19-20H,17-18H2,1-3H3,(H,33,37)/t20-/m1/s1. The predicted molar refractivity (Wildman–Crippen MR) is 150 cm³/mol. The minimum absolute atomic E-state index is 0.0488. The van der Waals surface area contributed by atoms with Crippen molar-refractivity contribution in [2.45, 2.75) is 50.5 Å². The van der Waals surface area contributed by atoms with E-state index >= 15 is 0 Å². The number of hydrogen-bond acceptors (Lipinski definition) is 4. The maximum absolute atomic E-state index is 13.8. The Kier molecular flexibility index (Phi) is 10.0. The molecule has 0 saturated carbocycles. The van der Waals surface area contributed by atoms with Crippen molar-refractivity contribution in [1.29, 1.82) is 0 Å². The van der Waals surface area contributed by atoms with Crippen LogP contribution in [0, 0.1) is 0 Å². The SMILES string of the molecule is CC(C)NC(=O)[C@@H](C)N(Cc1cccc(Br)c1)C(=O)CN(c1cccc(C(F)(F)F)c1)S(=O)(=O)c1ccccc1. The van der Waals surface area contributed by atoms with Crippen LogP contribution in [0.2, 0.25) is 0 Å². The van der Waals surface area contributed by atoms with Gasteiger partial charge >= 0.3 is 6.18 Å². The number of carbonyl (C=O) groups excluding carboxylic acids is 2. The summed E-state index contributed by atoms with van der Waals surface area (Å²) in [6.45, 7) is 4.13. The number of alkyl halides is 3. The van der Waals surface area contributed by atoms with Crippen LogP contribution in [0.1, 0.15) is 31.9 Å². The van der Waals surface area contributed by atoms with Crippen LogP contribution in [-0.2, 0) is 32.3 Å². The fourth-order valence-electron chi connectivity index (χ4n) is 3.91. The number of sulfonamides is 1. The highest BCUT2D eigenvalue weighted by molar-refractivity contribution is 9.10. The van der Waals surface area contributed by atoms with E-state index < -0.39 is 46.2 Å². The number of amides is 2. The molecule has 3 rings (SSSR count). The summed E-state index contributed by atoms with van der Waals surface area (Å²) in [6.07, 6.45) is -4.74. The summed E-state index contributed by atoms with van der Waals surface area (Å²) in [5, 5.41) is 2.74. The zero-order valence-corrected chi connectivity index (χ0v) is 24.4. The van der Waals surface area contributed by atoms with Crippen molar-refractivity contribution >= 4 is 43.5 Å². The topological polar surface area (TPSA) is 86.8 Å². The molecule has 0 saturated heterocycles. The van der Waals surface area contributed by atoms with Crippen molar-refractivity contribution in [1.82, 2.24) is 10.2 Å². The van der Waals surface area contributed by atoms with Gasteiger partial charge in [0.1, 0.15) is 12.6 Å². The van der Waals surface area contributed by atoms with Gasteiger partial charge in [-0.3, -0.25) is 13.9 Å². The Morgan fingerprint density at radius 2 is 1.57 bits per heavy atom.